The lowest BCUT2D eigenvalue weighted by Crippen LogP contribution is -2.26. The van der Waals surface area contributed by atoms with Crippen molar-refractivity contribution in [3.8, 4) is 11.6 Å². The molecule has 0 fully saturated rings. The second-order valence-corrected chi connectivity index (χ2v) is 8.94. The first kappa shape index (κ1) is 27.4. The summed E-state index contributed by atoms with van der Waals surface area (Å²) >= 11 is 5.64. The van der Waals surface area contributed by atoms with E-state index in [4.69, 9.17) is 16.3 Å². The van der Waals surface area contributed by atoms with Gasteiger partial charge in [0.05, 0.1) is 22.0 Å². The maximum Gasteiger partial charge on any atom is 0.417 e. The Bertz CT molecular complexity index is 1700. The van der Waals surface area contributed by atoms with Gasteiger partial charge in [-0.1, -0.05) is 11.6 Å². The van der Waals surface area contributed by atoms with Gasteiger partial charge in [-0.3, -0.25) is 19.5 Å². The number of hydrogen-bond donors (Lipinski definition) is 3. The van der Waals surface area contributed by atoms with E-state index in [1.165, 1.54) is 66.8 Å². The first-order valence-electron chi connectivity index (χ1n) is 11.8. The van der Waals surface area contributed by atoms with Gasteiger partial charge in [-0.15, -0.1) is 0 Å². The number of benzene rings is 2. The highest BCUT2D eigenvalue weighted by atomic mass is 35.5. The number of hydrogen-bond acceptors (Lipinski definition) is 6. The number of carbonyl (C=O) groups excluding carboxylic acids is 3. The lowest BCUT2D eigenvalue weighted by atomic mass is 10.1. The van der Waals surface area contributed by atoms with Gasteiger partial charge in [0.1, 0.15) is 11.3 Å². The molecule has 0 bridgehead atoms. The lowest BCUT2D eigenvalue weighted by molar-refractivity contribution is -0.137. The molecule has 4 aromatic rings. The van der Waals surface area contributed by atoms with Gasteiger partial charge in [0.2, 0.25) is 5.88 Å². The molecule has 4 amide bonds. The number of fused-ring (bicyclic) bond motifs is 2. The summed E-state index contributed by atoms with van der Waals surface area (Å²) < 4.78 is 45.5. The topological polar surface area (TPSA) is 126 Å². The van der Waals surface area contributed by atoms with Crippen LogP contribution in [-0.2, 0) is 6.18 Å². The number of ether oxygens (including phenoxy) is 1. The zero-order valence-electron chi connectivity index (χ0n) is 20.9. The minimum atomic E-state index is -4.71. The fourth-order valence-corrected chi connectivity index (χ4v) is 4.23. The first-order valence-corrected chi connectivity index (χ1v) is 12.2. The smallest absolute Gasteiger partial charge is 0.417 e. The molecule has 0 saturated carbocycles. The van der Waals surface area contributed by atoms with Crippen molar-refractivity contribution in [2.24, 2.45) is 0 Å². The highest BCUT2D eigenvalue weighted by Gasteiger charge is 2.34. The molecule has 10 nitrogen and oxygen atoms in total. The van der Waals surface area contributed by atoms with E-state index in [0.717, 1.165) is 12.1 Å². The fraction of sp³-hybridized carbons (Fsp3) is 0.0741. The summed E-state index contributed by atoms with van der Waals surface area (Å²) in [4.78, 5) is 48.0. The Morgan fingerprint density at radius 2 is 1.68 bits per heavy atom. The number of alkyl halides is 3. The van der Waals surface area contributed by atoms with Crippen LogP contribution in [-0.4, -0.2) is 34.9 Å². The molecule has 2 aromatic carbocycles. The molecule has 0 aliphatic carbocycles. The summed E-state index contributed by atoms with van der Waals surface area (Å²) in [6.07, 6.45) is -1.89. The van der Waals surface area contributed by atoms with Crippen molar-refractivity contribution in [2.45, 2.75) is 6.18 Å². The summed E-state index contributed by atoms with van der Waals surface area (Å²) in [6, 6.07) is 12.6. The molecule has 14 heteroatoms. The molecular formula is C27H18ClF3N6O4. The Morgan fingerprint density at radius 1 is 0.951 bits per heavy atom. The van der Waals surface area contributed by atoms with E-state index in [1.54, 1.807) is 6.07 Å². The Kier molecular flexibility index (Phi) is 7.20. The van der Waals surface area contributed by atoms with Crippen LogP contribution in [0.4, 0.5) is 40.7 Å². The number of halogens is 4. The highest BCUT2D eigenvalue weighted by molar-refractivity contribution is 6.31. The standard InChI is InChI=1S/C27H18ClF3N6O4/c1-32-23(38)20-13-16(8-10-33-20)37-21-7-5-15(12-22(21)41-24-17(25(37)39)3-2-9-34-24)36-26(40)35-14-4-6-19(28)18(11-14)27(29,30)31/h2-13H,1H3,(H,32,38)(H2,35,36,40). The van der Waals surface area contributed by atoms with Crippen molar-refractivity contribution in [1.82, 2.24) is 15.3 Å². The van der Waals surface area contributed by atoms with Gasteiger partial charge in [0.25, 0.3) is 11.8 Å². The van der Waals surface area contributed by atoms with Crippen LogP contribution in [0.2, 0.25) is 5.02 Å². The predicted molar refractivity (Wildman–Crippen MR) is 144 cm³/mol. The normalized spacial score (nSPS) is 12.4. The SMILES string of the molecule is CNC(=O)c1cc(N2C(=O)c3cccnc3Oc3cc(NC(=O)Nc4ccc(Cl)c(C(F)(F)F)c4)ccc32)ccn1. The second kappa shape index (κ2) is 10.8. The van der Waals surface area contributed by atoms with Crippen LogP contribution in [0.15, 0.2) is 73.1 Å². The molecule has 0 unspecified atom stereocenters. The number of carbonyl (C=O) groups is 3. The summed E-state index contributed by atoms with van der Waals surface area (Å²) in [5, 5.41) is 6.83. The third-order valence-corrected chi connectivity index (χ3v) is 6.19. The van der Waals surface area contributed by atoms with Gasteiger partial charge >= 0.3 is 12.2 Å². The van der Waals surface area contributed by atoms with E-state index in [1.807, 2.05) is 0 Å². The van der Waals surface area contributed by atoms with E-state index in [9.17, 15) is 27.6 Å². The lowest BCUT2D eigenvalue weighted by Gasteiger charge is -2.23. The molecule has 41 heavy (non-hydrogen) atoms. The average Bonchev–Trinajstić information content (AvgIpc) is 3.06. The second-order valence-electron chi connectivity index (χ2n) is 8.53. The van der Waals surface area contributed by atoms with Crippen LogP contribution in [0, 0.1) is 0 Å². The number of nitrogens with one attached hydrogen (secondary N) is 3. The third kappa shape index (κ3) is 5.61. The maximum absolute atomic E-state index is 13.7. The minimum absolute atomic E-state index is 0.00396. The largest absolute Gasteiger partial charge is 0.436 e. The van der Waals surface area contributed by atoms with Gasteiger partial charge in [-0.05, 0) is 54.6 Å². The number of nitrogens with zero attached hydrogens (tertiary/aromatic N) is 3. The molecule has 5 rings (SSSR count). The number of rotatable bonds is 4. The van der Waals surface area contributed by atoms with Gasteiger partial charge in [0.15, 0.2) is 5.75 Å². The predicted octanol–water partition coefficient (Wildman–Crippen LogP) is 6.24. The summed E-state index contributed by atoms with van der Waals surface area (Å²) in [5.41, 5.74) is -0.253. The molecule has 0 saturated heterocycles. The number of aromatic nitrogens is 2. The zero-order chi connectivity index (χ0) is 29.3. The summed E-state index contributed by atoms with van der Waals surface area (Å²) in [5.74, 6) is -0.828. The Morgan fingerprint density at radius 3 is 2.41 bits per heavy atom. The number of amides is 4. The summed E-state index contributed by atoms with van der Waals surface area (Å²) in [6.45, 7) is 0. The summed E-state index contributed by atoms with van der Waals surface area (Å²) in [7, 11) is 1.45. The van der Waals surface area contributed by atoms with E-state index in [0.29, 0.717) is 5.69 Å². The van der Waals surface area contributed by atoms with Gasteiger partial charge in [-0.25, -0.2) is 9.78 Å². The molecule has 1 aliphatic rings. The number of urea groups is 1. The quantitative estimate of drug-likeness (QED) is 0.262. The van der Waals surface area contributed by atoms with Crippen LogP contribution in [0.5, 0.6) is 11.6 Å². The van der Waals surface area contributed by atoms with Crippen molar-refractivity contribution in [3.05, 3.63) is 94.9 Å². The van der Waals surface area contributed by atoms with E-state index >= 15 is 0 Å². The highest BCUT2D eigenvalue weighted by Crippen LogP contribution is 2.43. The van der Waals surface area contributed by atoms with Crippen molar-refractivity contribution in [3.63, 3.8) is 0 Å². The van der Waals surface area contributed by atoms with Crippen molar-refractivity contribution in [2.75, 3.05) is 22.6 Å². The Hall–Kier alpha value is -5.17. The average molecular weight is 583 g/mol. The van der Waals surface area contributed by atoms with Crippen LogP contribution >= 0.6 is 11.6 Å². The Balaban J connectivity index is 1.48. The first-order chi connectivity index (χ1) is 19.5. The molecule has 0 radical (unpaired) electrons. The molecule has 2 aromatic heterocycles. The van der Waals surface area contributed by atoms with Crippen LogP contribution in [0.25, 0.3) is 0 Å². The van der Waals surface area contributed by atoms with Crippen LogP contribution in [0.3, 0.4) is 0 Å². The minimum Gasteiger partial charge on any atom is -0.436 e. The molecule has 3 N–H and O–H groups in total. The van der Waals surface area contributed by atoms with Crippen molar-refractivity contribution < 1.29 is 32.3 Å². The molecule has 0 spiro atoms. The number of pyridine rings is 2. The van der Waals surface area contributed by atoms with Crippen molar-refractivity contribution >= 4 is 52.2 Å². The van der Waals surface area contributed by atoms with E-state index < -0.39 is 34.6 Å². The van der Waals surface area contributed by atoms with Gasteiger partial charge in [0, 0.05) is 36.9 Å². The molecule has 1 aliphatic heterocycles. The molecule has 208 valence electrons. The van der Waals surface area contributed by atoms with Crippen molar-refractivity contribution in [1.29, 1.82) is 0 Å². The Labute approximate surface area is 235 Å². The van der Waals surface area contributed by atoms with Gasteiger partial charge in [-0.2, -0.15) is 13.2 Å². The molecule has 0 atom stereocenters. The zero-order valence-corrected chi connectivity index (χ0v) is 21.7. The van der Waals surface area contributed by atoms with Crippen LogP contribution in [0.1, 0.15) is 26.4 Å². The monoisotopic (exact) mass is 582 g/mol. The van der Waals surface area contributed by atoms with Gasteiger partial charge < -0.3 is 20.7 Å². The number of anilines is 4. The molecular weight excluding hydrogens is 565 g/mol. The van der Waals surface area contributed by atoms with E-state index in [-0.39, 0.29) is 39.9 Å². The van der Waals surface area contributed by atoms with Crippen LogP contribution < -0.4 is 25.6 Å². The molecule has 3 heterocycles. The third-order valence-electron chi connectivity index (χ3n) is 5.86. The van der Waals surface area contributed by atoms with E-state index in [2.05, 4.69) is 25.9 Å². The maximum atomic E-state index is 13.7. The fourth-order valence-electron chi connectivity index (χ4n) is 4.01.